The molecule has 0 saturated carbocycles. The fourth-order valence-corrected chi connectivity index (χ4v) is 0.454. The van der Waals surface area contributed by atoms with E-state index in [9.17, 15) is 0 Å². The van der Waals surface area contributed by atoms with Crippen molar-refractivity contribution in [3.05, 3.63) is 0 Å². The van der Waals surface area contributed by atoms with Crippen LogP contribution in [0.5, 0.6) is 0 Å². The minimum absolute atomic E-state index is 0.972. The first-order valence-corrected chi connectivity index (χ1v) is 2.89. The van der Waals surface area contributed by atoms with Gasteiger partial charge in [0.05, 0.1) is 0 Å². The second kappa shape index (κ2) is 2.61. The van der Waals surface area contributed by atoms with E-state index in [0.717, 1.165) is 4.90 Å². The normalized spacial score (nSPS) is 19.2. The fourth-order valence-electron chi connectivity index (χ4n) is 0.285. The predicted octanol–water partition coefficient (Wildman–Crippen LogP) is -1.97. The zero-order chi connectivity index (χ0) is 8.58. The smallest absolute Gasteiger partial charge is 0.303 e. The van der Waals surface area contributed by atoms with E-state index in [1.807, 2.05) is 0 Å². The van der Waals surface area contributed by atoms with Gasteiger partial charge in [-0.1, -0.05) is 11.6 Å². The number of likely N-dealkylation sites (N-methyl/N-ethyl adjacent to an activating group) is 1. The zero-order valence-corrected chi connectivity index (χ0v) is 6.50. The summed E-state index contributed by atoms with van der Waals surface area (Å²) in [6.45, 7) is 0. The van der Waals surface area contributed by atoms with Crippen molar-refractivity contribution >= 4 is 11.6 Å². The maximum Gasteiger partial charge on any atom is 0.303 e. The number of aliphatic hydroxyl groups is 3. The van der Waals surface area contributed by atoms with Crippen molar-refractivity contribution in [1.82, 2.24) is 4.90 Å². The lowest BCUT2D eigenvalue weighted by atomic mass is 10.4. The van der Waals surface area contributed by atoms with Crippen LogP contribution in [0.4, 0.5) is 0 Å². The minimum Gasteiger partial charge on any atom is -0.358 e. The summed E-state index contributed by atoms with van der Waals surface area (Å²) in [5, 5.41) is 23.4. The van der Waals surface area contributed by atoms with Gasteiger partial charge in [0.25, 0.3) is 0 Å². The largest absolute Gasteiger partial charge is 0.358 e. The molecule has 1 atom stereocenters. The van der Waals surface area contributed by atoms with Crippen LogP contribution in [0.2, 0.25) is 0 Å². The zero-order valence-electron chi connectivity index (χ0n) is 5.74. The van der Waals surface area contributed by atoms with Gasteiger partial charge in [0, 0.05) is 0 Å². The summed E-state index contributed by atoms with van der Waals surface area (Å²) in [5.74, 6) is -2.35. The molecule has 10 heavy (non-hydrogen) atoms. The summed E-state index contributed by atoms with van der Waals surface area (Å²) >= 11 is 4.91. The Morgan fingerprint density at radius 3 is 1.60 bits per heavy atom. The number of alkyl halides is 1. The molecule has 0 aliphatic carbocycles. The highest BCUT2D eigenvalue weighted by Crippen LogP contribution is 2.20. The number of hydrogen-bond donors (Lipinski definition) is 4. The Kier molecular flexibility index (Phi) is 2.64. The molecule has 0 saturated heterocycles. The van der Waals surface area contributed by atoms with Gasteiger partial charge in [0.1, 0.15) is 0 Å². The predicted molar refractivity (Wildman–Crippen MR) is 35.8 cm³/mol. The number of nitrogens with two attached hydrogens (primary N) is 1. The van der Waals surface area contributed by atoms with Crippen molar-refractivity contribution in [2.75, 3.05) is 14.1 Å². The molecule has 0 aliphatic heterocycles. The third kappa shape index (κ3) is 1.79. The molecular weight excluding hydrogens is 160 g/mol. The molecule has 1 unspecified atom stereocenters. The van der Waals surface area contributed by atoms with Gasteiger partial charge in [-0.3, -0.25) is 10.6 Å². The molecule has 62 valence electrons. The molecule has 0 aromatic rings. The second-order valence-electron chi connectivity index (χ2n) is 2.21. The summed E-state index contributed by atoms with van der Waals surface area (Å²) in [4.78, 5) is 0.972. The van der Waals surface area contributed by atoms with E-state index >= 15 is 0 Å². The molecule has 0 fully saturated rings. The van der Waals surface area contributed by atoms with E-state index in [0.29, 0.717) is 0 Å². The van der Waals surface area contributed by atoms with E-state index in [2.05, 4.69) is 0 Å². The van der Waals surface area contributed by atoms with Gasteiger partial charge in [-0.25, -0.2) is 0 Å². The summed E-state index contributed by atoms with van der Waals surface area (Å²) in [6.07, 6.45) is 0. The lowest BCUT2D eigenvalue weighted by Crippen LogP contribution is -2.66. The summed E-state index contributed by atoms with van der Waals surface area (Å²) in [5.41, 5.74) is 4.99. The topological polar surface area (TPSA) is 90.0 Å². The first-order chi connectivity index (χ1) is 4.19. The molecular formula is C4H11ClN2O3. The monoisotopic (exact) mass is 170 g/mol. The van der Waals surface area contributed by atoms with Crippen LogP contribution in [0.3, 0.4) is 0 Å². The maximum atomic E-state index is 9.00. The summed E-state index contributed by atoms with van der Waals surface area (Å²) in [6, 6.07) is 0. The van der Waals surface area contributed by atoms with Gasteiger partial charge >= 0.3 is 5.25 Å². The molecule has 0 aliphatic rings. The highest BCUT2D eigenvalue weighted by Gasteiger charge is 2.46. The molecule has 0 aromatic heterocycles. The van der Waals surface area contributed by atoms with Crippen molar-refractivity contribution < 1.29 is 15.3 Å². The average Bonchev–Trinajstić information content (AvgIpc) is 1.62. The number of hydrogen-bond acceptors (Lipinski definition) is 5. The van der Waals surface area contributed by atoms with Crippen molar-refractivity contribution in [2.45, 2.75) is 11.1 Å². The third-order valence-corrected chi connectivity index (χ3v) is 1.43. The van der Waals surface area contributed by atoms with E-state index in [1.165, 1.54) is 14.1 Å². The molecule has 0 rings (SSSR count). The molecule has 0 aromatic carbocycles. The van der Waals surface area contributed by atoms with Crippen LogP contribution in [0.1, 0.15) is 0 Å². The van der Waals surface area contributed by atoms with Crippen LogP contribution in [0.25, 0.3) is 0 Å². The number of rotatable bonds is 2. The van der Waals surface area contributed by atoms with Crippen molar-refractivity contribution in [3.8, 4) is 0 Å². The van der Waals surface area contributed by atoms with Crippen molar-refractivity contribution in [1.29, 1.82) is 0 Å². The van der Waals surface area contributed by atoms with Crippen LogP contribution in [-0.4, -0.2) is 45.4 Å². The molecule has 0 bridgehead atoms. The molecule has 0 heterocycles. The van der Waals surface area contributed by atoms with Crippen molar-refractivity contribution in [3.63, 3.8) is 0 Å². The van der Waals surface area contributed by atoms with Gasteiger partial charge in [0.2, 0.25) is 5.85 Å². The third-order valence-electron chi connectivity index (χ3n) is 1.15. The Bertz CT molecular complexity index is 120. The Hall–Kier alpha value is 0.0900. The number of nitrogens with zero attached hydrogens (tertiary/aromatic N) is 1. The summed E-state index contributed by atoms with van der Waals surface area (Å²) in [7, 11) is 2.70. The molecule has 6 heteroatoms. The first kappa shape index (κ1) is 10.1. The molecule has 5 N–H and O–H groups in total. The maximum absolute atomic E-state index is 9.00. The van der Waals surface area contributed by atoms with Crippen LogP contribution < -0.4 is 5.73 Å². The van der Waals surface area contributed by atoms with E-state index in [-0.39, 0.29) is 0 Å². The average molecular weight is 171 g/mol. The Morgan fingerprint density at radius 2 is 1.60 bits per heavy atom. The van der Waals surface area contributed by atoms with Gasteiger partial charge in [-0.05, 0) is 14.1 Å². The molecule has 0 radical (unpaired) electrons. The first-order valence-electron chi connectivity index (χ1n) is 2.52. The molecule has 0 amide bonds. The van der Waals surface area contributed by atoms with Gasteiger partial charge in [0.15, 0.2) is 0 Å². The van der Waals surface area contributed by atoms with Crippen LogP contribution in [0.15, 0.2) is 0 Å². The quantitative estimate of drug-likeness (QED) is 0.285. The fraction of sp³-hybridized carbons (Fsp3) is 1.00. The van der Waals surface area contributed by atoms with Gasteiger partial charge < -0.3 is 15.3 Å². The van der Waals surface area contributed by atoms with Crippen LogP contribution in [-0.2, 0) is 0 Å². The van der Waals surface area contributed by atoms with Crippen LogP contribution >= 0.6 is 11.6 Å². The Balaban J connectivity index is 4.40. The van der Waals surface area contributed by atoms with E-state index < -0.39 is 11.1 Å². The number of halogens is 1. The van der Waals surface area contributed by atoms with Gasteiger partial charge in [-0.15, -0.1) is 0 Å². The lowest BCUT2D eigenvalue weighted by Gasteiger charge is -2.36. The highest BCUT2D eigenvalue weighted by atomic mass is 35.5. The van der Waals surface area contributed by atoms with Crippen molar-refractivity contribution in [2.24, 2.45) is 5.73 Å². The molecule has 0 spiro atoms. The molecule has 5 nitrogen and oxygen atoms in total. The Labute approximate surface area is 63.6 Å². The van der Waals surface area contributed by atoms with E-state index in [1.54, 1.807) is 0 Å². The lowest BCUT2D eigenvalue weighted by molar-refractivity contribution is -0.267. The van der Waals surface area contributed by atoms with E-state index in [4.69, 9.17) is 32.7 Å². The van der Waals surface area contributed by atoms with Gasteiger partial charge in [-0.2, -0.15) is 0 Å². The SMILES string of the molecule is CN(C)C(N)(O)C(O)(O)Cl. The minimum atomic E-state index is -2.85. The van der Waals surface area contributed by atoms with Crippen LogP contribution in [0, 0.1) is 0 Å². The summed E-state index contributed by atoms with van der Waals surface area (Å²) < 4.78 is 0. The second-order valence-corrected chi connectivity index (χ2v) is 2.73. The highest BCUT2D eigenvalue weighted by molar-refractivity contribution is 6.22. The standard InChI is InChI=1S/C4H11ClN2O3/c1-7(2)4(6,10)3(5,8)9/h8-10H,6H2,1-2H3. The Morgan fingerprint density at radius 1 is 1.30 bits per heavy atom.